The lowest BCUT2D eigenvalue weighted by Crippen LogP contribution is -2.42. The number of rotatable bonds is 1. The zero-order valence-corrected chi connectivity index (χ0v) is 8.22. The molecular formula is C10H15N3. The van der Waals surface area contributed by atoms with Gasteiger partial charge in [0.05, 0.1) is 6.07 Å². The van der Waals surface area contributed by atoms with Gasteiger partial charge < -0.3 is 5.32 Å². The minimum absolute atomic E-state index is 0.315. The van der Waals surface area contributed by atoms with Gasteiger partial charge in [0.25, 0.3) is 0 Å². The molecule has 0 saturated heterocycles. The van der Waals surface area contributed by atoms with Crippen LogP contribution in [0.3, 0.4) is 0 Å². The zero-order chi connectivity index (χ0) is 9.47. The van der Waals surface area contributed by atoms with Crippen molar-refractivity contribution in [1.29, 1.82) is 5.26 Å². The van der Waals surface area contributed by atoms with Gasteiger partial charge in [0.2, 0.25) is 0 Å². The minimum atomic E-state index is -0.315. The average Bonchev–Trinajstić information content (AvgIpc) is 2.61. The molecule has 3 nitrogen and oxygen atoms in total. The summed E-state index contributed by atoms with van der Waals surface area (Å²) in [6, 6.07) is 2.35. The third-order valence-corrected chi connectivity index (χ3v) is 3.00. The molecule has 2 rings (SSSR count). The third-order valence-electron chi connectivity index (χ3n) is 3.00. The first-order valence-corrected chi connectivity index (χ1v) is 4.70. The van der Waals surface area contributed by atoms with Crippen LogP contribution in [0.4, 0.5) is 0 Å². The highest BCUT2D eigenvalue weighted by atomic mass is 15.2. The van der Waals surface area contributed by atoms with Gasteiger partial charge in [-0.05, 0) is 25.0 Å². The predicted octanol–water partition coefficient (Wildman–Crippen LogP) is 0.504. The lowest BCUT2D eigenvalue weighted by molar-refractivity contribution is 0.212. The van der Waals surface area contributed by atoms with E-state index in [9.17, 15) is 0 Å². The second-order valence-corrected chi connectivity index (χ2v) is 4.34. The summed E-state index contributed by atoms with van der Waals surface area (Å²) in [7, 11) is 0. The molecule has 0 fully saturated rings. The molecule has 0 radical (unpaired) electrons. The maximum Gasteiger partial charge on any atom is 0.104 e. The normalized spacial score (nSPS) is 23.5. The minimum Gasteiger partial charge on any atom is -0.309 e. The topological polar surface area (TPSA) is 39.1 Å². The predicted molar refractivity (Wildman–Crippen MR) is 51.2 cm³/mol. The van der Waals surface area contributed by atoms with E-state index in [2.05, 4.69) is 16.3 Å². The number of hydrogen-bond acceptors (Lipinski definition) is 3. The number of nitrogens with one attached hydrogen (secondary N) is 1. The Kier molecular flexibility index (Phi) is 1.90. The Morgan fingerprint density at radius 1 is 1.31 bits per heavy atom. The summed E-state index contributed by atoms with van der Waals surface area (Å²) in [6.45, 7) is 7.97. The van der Waals surface area contributed by atoms with Crippen LogP contribution in [-0.2, 0) is 0 Å². The van der Waals surface area contributed by atoms with E-state index in [0.29, 0.717) is 0 Å². The first-order chi connectivity index (χ1) is 6.13. The fraction of sp³-hybridized carbons (Fsp3) is 0.700. The molecule has 2 aliphatic rings. The summed E-state index contributed by atoms with van der Waals surface area (Å²) in [5, 5.41) is 12.3. The molecule has 0 unspecified atom stereocenters. The van der Waals surface area contributed by atoms with Gasteiger partial charge in [0.15, 0.2) is 0 Å². The Morgan fingerprint density at radius 3 is 2.31 bits per heavy atom. The van der Waals surface area contributed by atoms with Gasteiger partial charge in [0, 0.05) is 26.2 Å². The van der Waals surface area contributed by atoms with Crippen molar-refractivity contribution in [1.82, 2.24) is 10.2 Å². The molecule has 0 amide bonds. The van der Waals surface area contributed by atoms with Crippen LogP contribution in [0.2, 0.25) is 0 Å². The van der Waals surface area contributed by atoms with E-state index in [1.54, 1.807) is 0 Å². The van der Waals surface area contributed by atoms with Crippen molar-refractivity contribution in [3.8, 4) is 6.07 Å². The monoisotopic (exact) mass is 177 g/mol. The van der Waals surface area contributed by atoms with Crippen LogP contribution in [0, 0.1) is 11.3 Å². The molecule has 0 aromatic carbocycles. The van der Waals surface area contributed by atoms with Gasteiger partial charge in [0.1, 0.15) is 5.54 Å². The Morgan fingerprint density at radius 2 is 1.85 bits per heavy atom. The number of nitriles is 1. The maximum atomic E-state index is 8.99. The molecule has 2 aliphatic heterocycles. The lowest BCUT2D eigenvalue weighted by Gasteiger charge is -2.29. The second kappa shape index (κ2) is 2.83. The van der Waals surface area contributed by atoms with E-state index in [1.807, 2.05) is 13.8 Å². The molecule has 0 aliphatic carbocycles. The van der Waals surface area contributed by atoms with E-state index >= 15 is 0 Å². The van der Waals surface area contributed by atoms with Crippen LogP contribution in [-0.4, -0.2) is 36.6 Å². The van der Waals surface area contributed by atoms with Crippen LogP contribution in [0.25, 0.3) is 0 Å². The first kappa shape index (κ1) is 8.74. The number of nitrogens with zero attached hydrogens (tertiary/aromatic N) is 2. The van der Waals surface area contributed by atoms with E-state index in [4.69, 9.17) is 5.26 Å². The van der Waals surface area contributed by atoms with Gasteiger partial charge >= 0.3 is 0 Å². The van der Waals surface area contributed by atoms with Crippen molar-refractivity contribution >= 4 is 0 Å². The fourth-order valence-electron chi connectivity index (χ4n) is 1.93. The van der Waals surface area contributed by atoms with Gasteiger partial charge in [-0.25, -0.2) is 0 Å². The molecular weight excluding hydrogens is 162 g/mol. The smallest absolute Gasteiger partial charge is 0.104 e. The zero-order valence-electron chi connectivity index (χ0n) is 8.22. The molecule has 3 heteroatoms. The lowest BCUT2D eigenvalue weighted by atomic mass is 10.1. The van der Waals surface area contributed by atoms with Crippen molar-refractivity contribution < 1.29 is 0 Å². The Hall–Kier alpha value is -0.850. The molecule has 2 heterocycles. The van der Waals surface area contributed by atoms with Crippen LogP contribution < -0.4 is 5.32 Å². The summed E-state index contributed by atoms with van der Waals surface area (Å²) < 4.78 is 0. The maximum absolute atomic E-state index is 8.99. The molecule has 0 atom stereocenters. The molecule has 0 spiro atoms. The van der Waals surface area contributed by atoms with Crippen LogP contribution >= 0.6 is 0 Å². The van der Waals surface area contributed by atoms with Crippen molar-refractivity contribution in [3.05, 3.63) is 11.1 Å². The SMILES string of the molecule is CC(C)(C#N)N1CC2=C(CNC2)C1. The third kappa shape index (κ3) is 1.37. The summed E-state index contributed by atoms with van der Waals surface area (Å²) in [4.78, 5) is 2.25. The standard InChI is InChI=1S/C10H15N3/c1-10(2,7-11)13-5-8-3-12-4-9(8)6-13/h12H,3-6H2,1-2H3. The highest BCUT2D eigenvalue weighted by Gasteiger charge is 2.34. The Labute approximate surface area is 79.0 Å². The molecule has 0 aromatic rings. The molecule has 70 valence electrons. The van der Waals surface area contributed by atoms with Crippen molar-refractivity contribution in [3.63, 3.8) is 0 Å². The molecule has 1 N–H and O–H groups in total. The van der Waals surface area contributed by atoms with Gasteiger partial charge in [-0.15, -0.1) is 0 Å². The van der Waals surface area contributed by atoms with Gasteiger partial charge in [-0.2, -0.15) is 5.26 Å². The largest absolute Gasteiger partial charge is 0.309 e. The van der Waals surface area contributed by atoms with Crippen molar-refractivity contribution in [2.24, 2.45) is 0 Å². The molecule has 0 bridgehead atoms. The molecule has 0 aromatic heterocycles. The summed E-state index contributed by atoms with van der Waals surface area (Å²) >= 11 is 0. The van der Waals surface area contributed by atoms with E-state index in [0.717, 1.165) is 26.2 Å². The van der Waals surface area contributed by atoms with Crippen LogP contribution in [0.15, 0.2) is 11.1 Å². The summed E-state index contributed by atoms with van der Waals surface area (Å²) in [6.07, 6.45) is 0. The van der Waals surface area contributed by atoms with Crippen LogP contribution in [0.5, 0.6) is 0 Å². The second-order valence-electron chi connectivity index (χ2n) is 4.34. The Bertz CT molecular complexity index is 280. The quantitative estimate of drug-likeness (QED) is 0.593. The average molecular weight is 177 g/mol. The fourth-order valence-corrected chi connectivity index (χ4v) is 1.93. The van der Waals surface area contributed by atoms with Gasteiger partial charge in [-0.3, -0.25) is 4.90 Å². The highest BCUT2D eigenvalue weighted by molar-refractivity contribution is 5.31. The summed E-state index contributed by atoms with van der Waals surface area (Å²) in [5.74, 6) is 0. The number of hydrogen-bond donors (Lipinski definition) is 1. The summed E-state index contributed by atoms with van der Waals surface area (Å²) in [5.41, 5.74) is 2.69. The molecule has 0 saturated carbocycles. The van der Waals surface area contributed by atoms with Crippen LogP contribution in [0.1, 0.15) is 13.8 Å². The van der Waals surface area contributed by atoms with E-state index in [-0.39, 0.29) is 5.54 Å². The van der Waals surface area contributed by atoms with E-state index in [1.165, 1.54) is 11.1 Å². The van der Waals surface area contributed by atoms with Crippen molar-refractivity contribution in [2.45, 2.75) is 19.4 Å². The molecule has 13 heavy (non-hydrogen) atoms. The van der Waals surface area contributed by atoms with Gasteiger partial charge in [-0.1, -0.05) is 0 Å². The van der Waals surface area contributed by atoms with E-state index < -0.39 is 0 Å². The van der Waals surface area contributed by atoms with Crippen molar-refractivity contribution in [2.75, 3.05) is 26.2 Å². The first-order valence-electron chi connectivity index (χ1n) is 4.70. The highest BCUT2D eigenvalue weighted by Crippen LogP contribution is 2.26. The Balaban J connectivity index is 2.08.